The van der Waals surface area contributed by atoms with Gasteiger partial charge in [0.2, 0.25) is 0 Å². The Hall–Kier alpha value is -2.30. The van der Waals surface area contributed by atoms with Crippen LogP contribution in [0.2, 0.25) is 0 Å². The van der Waals surface area contributed by atoms with Crippen molar-refractivity contribution in [2.75, 3.05) is 5.73 Å². The Bertz CT molecular complexity index is 576. The summed E-state index contributed by atoms with van der Waals surface area (Å²) in [7, 11) is 0. The molecule has 0 aromatic heterocycles. The quantitative estimate of drug-likeness (QED) is 0.388. The van der Waals surface area contributed by atoms with Gasteiger partial charge in [0.25, 0.3) is 0 Å². The number of hydrogen-bond acceptors (Lipinski definition) is 5. The number of hydrogen-bond donors (Lipinski definition) is 1. The third-order valence-electron chi connectivity index (χ3n) is 3.13. The molecule has 20 heavy (non-hydrogen) atoms. The fourth-order valence-electron chi connectivity index (χ4n) is 2.12. The smallest absolute Gasteiger partial charge is 0.168 e. The SMILES string of the molecule is CC1(C)CC(=O)C(=CN=Nc2ccc(N)cc2)C(=O)C1. The lowest BCUT2D eigenvalue weighted by molar-refractivity contribution is -0.127. The lowest BCUT2D eigenvalue weighted by Crippen LogP contribution is -2.31. The van der Waals surface area contributed by atoms with Gasteiger partial charge in [-0.2, -0.15) is 10.2 Å². The van der Waals surface area contributed by atoms with Gasteiger partial charge in [-0.05, 0) is 29.7 Å². The summed E-state index contributed by atoms with van der Waals surface area (Å²) in [6, 6.07) is 6.85. The van der Waals surface area contributed by atoms with E-state index in [-0.39, 0.29) is 22.6 Å². The molecule has 1 aromatic carbocycles. The molecule has 0 radical (unpaired) electrons. The minimum Gasteiger partial charge on any atom is -0.399 e. The zero-order valence-electron chi connectivity index (χ0n) is 11.6. The van der Waals surface area contributed by atoms with Gasteiger partial charge in [-0.15, -0.1) is 0 Å². The molecule has 104 valence electrons. The highest BCUT2D eigenvalue weighted by Gasteiger charge is 2.35. The van der Waals surface area contributed by atoms with Crippen molar-refractivity contribution < 1.29 is 9.59 Å². The number of benzene rings is 1. The number of anilines is 1. The number of ketones is 2. The van der Waals surface area contributed by atoms with Gasteiger partial charge in [0, 0.05) is 18.5 Å². The van der Waals surface area contributed by atoms with E-state index in [0.29, 0.717) is 24.2 Å². The second-order valence-corrected chi connectivity index (χ2v) is 5.71. The average Bonchev–Trinajstić information content (AvgIpc) is 2.33. The van der Waals surface area contributed by atoms with E-state index in [0.717, 1.165) is 0 Å². The molecule has 2 rings (SSSR count). The van der Waals surface area contributed by atoms with Gasteiger partial charge >= 0.3 is 0 Å². The summed E-state index contributed by atoms with van der Waals surface area (Å²) < 4.78 is 0. The van der Waals surface area contributed by atoms with Gasteiger partial charge in [-0.3, -0.25) is 9.59 Å². The highest BCUT2D eigenvalue weighted by atomic mass is 16.1. The molecule has 0 spiro atoms. The predicted molar refractivity (Wildman–Crippen MR) is 76.5 cm³/mol. The molecule has 0 amide bonds. The molecule has 2 N–H and O–H groups in total. The number of Topliss-reactive ketones (excluding diaryl/α,β-unsaturated/α-hetero) is 2. The summed E-state index contributed by atoms with van der Waals surface area (Å²) in [6.45, 7) is 3.82. The van der Waals surface area contributed by atoms with Gasteiger partial charge in [-0.1, -0.05) is 13.8 Å². The molecule has 1 aromatic rings. The van der Waals surface area contributed by atoms with Crippen molar-refractivity contribution in [3.8, 4) is 0 Å². The second kappa shape index (κ2) is 5.36. The minimum absolute atomic E-state index is 0.142. The van der Waals surface area contributed by atoms with Crippen molar-refractivity contribution in [3.05, 3.63) is 36.0 Å². The van der Waals surface area contributed by atoms with Crippen molar-refractivity contribution in [1.82, 2.24) is 0 Å². The summed E-state index contributed by atoms with van der Waals surface area (Å²) in [5.74, 6) is -0.329. The molecule has 0 heterocycles. The van der Waals surface area contributed by atoms with E-state index in [1.807, 2.05) is 13.8 Å². The van der Waals surface area contributed by atoms with E-state index in [4.69, 9.17) is 5.73 Å². The Labute approximate surface area is 117 Å². The maximum atomic E-state index is 11.9. The topological polar surface area (TPSA) is 84.9 Å². The van der Waals surface area contributed by atoms with E-state index in [1.165, 1.54) is 6.20 Å². The molecule has 0 saturated heterocycles. The van der Waals surface area contributed by atoms with Crippen LogP contribution in [-0.2, 0) is 9.59 Å². The first-order chi connectivity index (χ1) is 9.37. The van der Waals surface area contributed by atoms with Crippen LogP contribution in [0.25, 0.3) is 0 Å². The molecule has 5 nitrogen and oxygen atoms in total. The molecular formula is C15H17N3O2. The first kappa shape index (κ1) is 14.1. The number of nitrogens with two attached hydrogens (primary N) is 1. The van der Waals surface area contributed by atoms with Gasteiger partial charge < -0.3 is 5.73 Å². The Morgan fingerprint density at radius 2 is 1.65 bits per heavy atom. The van der Waals surface area contributed by atoms with E-state index in [1.54, 1.807) is 24.3 Å². The zero-order valence-corrected chi connectivity index (χ0v) is 11.6. The second-order valence-electron chi connectivity index (χ2n) is 5.71. The van der Waals surface area contributed by atoms with Gasteiger partial charge in [-0.25, -0.2) is 0 Å². The Morgan fingerprint density at radius 3 is 2.20 bits per heavy atom. The largest absolute Gasteiger partial charge is 0.399 e. The Kier molecular flexibility index (Phi) is 3.79. The van der Waals surface area contributed by atoms with Gasteiger partial charge in [0.1, 0.15) is 0 Å². The van der Waals surface area contributed by atoms with E-state index >= 15 is 0 Å². The summed E-state index contributed by atoms with van der Waals surface area (Å²) in [5.41, 5.74) is 6.70. The van der Waals surface area contributed by atoms with Crippen LogP contribution in [0.1, 0.15) is 26.7 Å². The first-order valence-electron chi connectivity index (χ1n) is 6.40. The van der Waals surface area contributed by atoms with Crippen LogP contribution in [0, 0.1) is 5.41 Å². The average molecular weight is 271 g/mol. The number of carbonyl (C=O) groups excluding carboxylic acids is 2. The number of azo groups is 1. The predicted octanol–water partition coefficient (Wildman–Crippen LogP) is 3.19. The number of nitrogens with zero attached hydrogens (tertiary/aromatic N) is 2. The van der Waals surface area contributed by atoms with Crippen LogP contribution >= 0.6 is 0 Å². The first-order valence-corrected chi connectivity index (χ1v) is 6.40. The van der Waals surface area contributed by atoms with E-state index in [9.17, 15) is 9.59 Å². The molecule has 1 fully saturated rings. The summed E-state index contributed by atoms with van der Waals surface area (Å²) in [4.78, 5) is 23.8. The standard InChI is InChI=1S/C15H17N3O2/c1-15(2)7-13(19)12(14(20)8-15)9-17-18-11-5-3-10(16)4-6-11/h3-6,9H,7-8,16H2,1-2H3. The monoisotopic (exact) mass is 271 g/mol. The zero-order chi connectivity index (χ0) is 14.8. The summed E-state index contributed by atoms with van der Waals surface area (Å²) in [6.07, 6.45) is 1.99. The van der Waals surface area contributed by atoms with Crippen LogP contribution in [-0.4, -0.2) is 11.6 Å². The number of rotatable bonds is 2. The highest BCUT2D eigenvalue weighted by molar-refractivity contribution is 6.22. The molecule has 1 aliphatic carbocycles. The molecule has 0 bridgehead atoms. The molecular weight excluding hydrogens is 254 g/mol. The van der Waals surface area contributed by atoms with Gasteiger partial charge in [0.15, 0.2) is 11.6 Å². The molecule has 5 heteroatoms. The minimum atomic E-state index is -0.264. The van der Waals surface area contributed by atoms with Crippen LogP contribution in [0.4, 0.5) is 11.4 Å². The van der Waals surface area contributed by atoms with E-state index in [2.05, 4.69) is 10.2 Å². The molecule has 0 unspecified atom stereocenters. The van der Waals surface area contributed by atoms with Crippen LogP contribution < -0.4 is 5.73 Å². The normalized spacial score (nSPS) is 18.6. The molecule has 1 aliphatic rings. The maximum absolute atomic E-state index is 11.9. The number of nitrogen functional groups attached to an aromatic ring is 1. The molecule has 1 saturated carbocycles. The number of carbonyl (C=O) groups is 2. The van der Waals surface area contributed by atoms with E-state index < -0.39 is 0 Å². The Morgan fingerprint density at radius 1 is 1.10 bits per heavy atom. The third kappa shape index (κ3) is 3.38. The summed E-state index contributed by atoms with van der Waals surface area (Å²) >= 11 is 0. The number of allylic oxidation sites excluding steroid dienone is 1. The van der Waals surface area contributed by atoms with Crippen LogP contribution in [0.15, 0.2) is 46.3 Å². The van der Waals surface area contributed by atoms with Crippen LogP contribution in [0.5, 0.6) is 0 Å². The fourth-order valence-corrected chi connectivity index (χ4v) is 2.12. The highest BCUT2D eigenvalue weighted by Crippen LogP contribution is 2.33. The fraction of sp³-hybridized carbons (Fsp3) is 0.333. The lowest BCUT2D eigenvalue weighted by atomic mass is 9.74. The van der Waals surface area contributed by atoms with Crippen molar-refractivity contribution >= 4 is 22.9 Å². The lowest BCUT2D eigenvalue weighted by Gasteiger charge is -2.27. The third-order valence-corrected chi connectivity index (χ3v) is 3.13. The van der Waals surface area contributed by atoms with Crippen molar-refractivity contribution in [1.29, 1.82) is 0 Å². The summed E-state index contributed by atoms with van der Waals surface area (Å²) in [5, 5.41) is 7.76. The van der Waals surface area contributed by atoms with Crippen LogP contribution in [0.3, 0.4) is 0 Å². The Balaban J connectivity index is 2.13. The van der Waals surface area contributed by atoms with Crippen molar-refractivity contribution in [3.63, 3.8) is 0 Å². The van der Waals surface area contributed by atoms with Gasteiger partial charge in [0.05, 0.1) is 17.5 Å². The van der Waals surface area contributed by atoms with Crippen molar-refractivity contribution in [2.24, 2.45) is 15.6 Å². The molecule has 0 atom stereocenters. The van der Waals surface area contributed by atoms with Crippen molar-refractivity contribution in [2.45, 2.75) is 26.7 Å². The molecule has 0 aliphatic heterocycles. The maximum Gasteiger partial charge on any atom is 0.168 e.